The molecule has 3 rings (SSSR count). The second kappa shape index (κ2) is 6.10. The minimum Gasteiger partial charge on any atom is -0.487 e. The Bertz CT molecular complexity index is 636. The number of amides is 1. The number of pyridine rings is 2. The summed E-state index contributed by atoms with van der Waals surface area (Å²) in [5, 5.41) is 0.322. The van der Waals surface area contributed by atoms with Gasteiger partial charge in [-0.25, -0.2) is 4.98 Å². The lowest BCUT2D eigenvalue weighted by Gasteiger charge is -2.17. The summed E-state index contributed by atoms with van der Waals surface area (Å²) in [5.41, 5.74) is 0.553. The van der Waals surface area contributed by atoms with Crippen LogP contribution in [0.15, 0.2) is 42.9 Å². The fourth-order valence-electron chi connectivity index (χ4n) is 2.34. The van der Waals surface area contributed by atoms with Crippen molar-refractivity contribution in [3.05, 3.63) is 53.6 Å². The SMILES string of the molecule is O=C(c1ccnc(Cl)c1)N1CCC(Oc2cccnc2)C1. The number of ether oxygens (including phenoxy) is 1. The molecular formula is C15H14ClN3O2. The maximum Gasteiger partial charge on any atom is 0.254 e. The molecule has 108 valence electrons. The summed E-state index contributed by atoms with van der Waals surface area (Å²) in [5.74, 6) is 0.681. The predicted molar refractivity (Wildman–Crippen MR) is 78.4 cm³/mol. The highest BCUT2D eigenvalue weighted by molar-refractivity contribution is 6.29. The molecule has 0 aromatic carbocycles. The van der Waals surface area contributed by atoms with Crippen molar-refractivity contribution in [1.29, 1.82) is 0 Å². The molecule has 1 atom stereocenters. The molecule has 1 aliphatic heterocycles. The largest absolute Gasteiger partial charge is 0.487 e. The summed E-state index contributed by atoms with van der Waals surface area (Å²) < 4.78 is 5.82. The zero-order chi connectivity index (χ0) is 14.7. The number of carbonyl (C=O) groups excluding carboxylic acids is 1. The Hall–Kier alpha value is -2.14. The molecule has 21 heavy (non-hydrogen) atoms. The van der Waals surface area contributed by atoms with Crippen LogP contribution in [0.2, 0.25) is 5.15 Å². The molecular weight excluding hydrogens is 290 g/mol. The standard InChI is InChI=1S/C15H14ClN3O2/c16-14-8-11(3-6-18-14)15(20)19-7-4-13(10-19)21-12-2-1-5-17-9-12/h1-3,5-6,8-9,13H,4,7,10H2. The Labute approximate surface area is 127 Å². The average Bonchev–Trinajstić information content (AvgIpc) is 2.96. The van der Waals surface area contributed by atoms with Crippen LogP contribution in [0.25, 0.3) is 0 Å². The molecule has 1 amide bonds. The monoisotopic (exact) mass is 303 g/mol. The maximum atomic E-state index is 12.4. The molecule has 5 nitrogen and oxygen atoms in total. The molecule has 0 aliphatic carbocycles. The minimum absolute atomic E-state index is 0.00420. The first-order chi connectivity index (χ1) is 10.2. The molecule has 0 spiro atoms. The quantitative estimate of drug-likeness (QED) is 0.817. The van der Waals surface area contributed by atoms with Gasteiger partial charge in [0.25, 0.3) is 5.91 Å². The zero-order valence-electron chi connectivity index (χ0n) is 11.3. The van der Waals surface area contributed by atoms with Crippen LogP contribution in [0.4, 0.5) is 0 Å². The number of aromatic nitrogens is 2. The van der Waals surface area contributed by atoms with Crippen molar-refractivity contribution in [2.75, 3.05) is 13.1 Å². The van der Waals surface area contributed by atoms with Crippen LogP contribution in [0.1, 0.15) is 16.8 Å². The molecule has 2 aromatic rings. The molecule has 0 radical (unpaired) electrons. The van der Waals surface area contributed by atoms with Gasteiger partial charge >= 0.3 is 0 Å². The molecule has 1 aliphatic rings. The number of likely N-dealkylation sites (tertiary alicyclic amines) is 1. The van der Waals surface area contributed by atoms with E-state index in [4.69, 9.17) is 16.3 Å². The Kier molecular flexibility index (Phi) is 4.01. The molecule has 0 saturated carbocycles. The highest BCUT2D eigenvalue weighted by atomic mass is 35.5. The Morgan fingerprint density at radius 3 is 3.05 bits per heavy atom. The number of carbonyl (C=O) groups is 1. The van der Waals surface area contributed by atoms with Gasteiger partial charge in [-0.05, 0) is 24.3 Å². The van der Waals surface area contributed by atoms with E-state index in [9.17, 15) is 4.79 Å². The average molecular weight is 304 g/mol. The Balaban J connectivity index is 1.63. The van der Waals surface area contributed by atoms with Crippen LogP contribution in [-0.4, -0.2) is 40.0 Å². The van der Waals surface area contributed by atoms with Gasteiger partial charge in [-0.15, -0.1) is 0 Å². The molecule has 0 bridgehead atoms. The van der Waals surface area contributed by atoms with Crippen LogP contribution < -0.4 is 4.74 Å². The molecule has 6 heteroatoms. The summed E-state index contributed by atoms with van der Waals surface area (Å²) in [7, 11) is 0. The van der Waals surface area contributed by atoms with Crippen LogP contribution in [0.3, 0.4) is 0 Å². The van der Waals surface area contributed by atoms with Gasteiger partial charge in [0, 0.05) is 30.9 Å². The zero-order valence-corrected chi connectivity index (χ0v) is 12.0. The lowest BCUT2D eigenvalue weighted by molar-refractivity contribution is 0.0772. The topological polar surface area (TPSA) is 55.3 Å². The molecule has 3 heterocycles. The third kappa shape index (κ3) is 3.31. The summed E-state index contributed by atoms with van der Waals surface area (Å²) in [6, 6.07) is 6.94. The van der Waals surface area contributed by atoms with Gasteiger partial charge in [0.05, 0.1) is 12.7 Å². The molecule has 1 fully saturated rings. The molecule has 1 saturated heterocycles. The number of nitrogens with zero attached hydrogens (tertiary/aromatic N) is 3. The van der Waals surface area contributed by atoms with E-state index in [2.05, 4.69) is 9.97 Å². The lowest BCUT2D eigenvalue weighted by atomic mass is 10.2. The van der Waals surface area contributed by atoms with E-state index in [0.29, 0.717) is 23.8 Å². The van der Waals surface area contributed by atoms with Crippen molar-refractivity contribution < 1.29 is 9.53 Å². The van der Waals surface area contributed by atoms with E-state index >= 15 is 0 Å². The van der Waals surface area contributed by atoms with E-state index in [1.165, 1.54) is 6.20 Å². The number of rotatable bonds is 3. The predicted octanol–water partition coefficient (Wildman–Crippen LogP) is 2.42. The van der Waals surface area contributed by atoms with E-state index < -0.39 is 0 Å². The summed E-state index contributed by atoms with van der Waals surface area (Å²) >= 11 is 5.82. The van der Waals surface area contributed by atoms with Crippen molar-refractivity contribution in [1.82, 2.24) is 14.9 Å². The Morgan fingerprint density at radius 1 is 1.38 bits per heavy atom. The van der Waals surface area contributed by atoms with Crippen molar-refractivity contribution in [2.24, 2.45) is 0 Å². The lowest BCUT2D eigenvalue weighted by Crippen LogP contribution is -2.30. The first kappa shape index (κ1) is 13.8. The van der Waals surface area contributed by atoms with Crippen LogP contribution in [0, 0.1) is 0 Å². The number of hydrogen-bond donors (Lipinski definition) is 0. The Morgan fingerprint density at radius 2 is 2.29 bits per heavy atom. The highest BCUT2D eigenvalue weighted by Gasteiger charge is 2.28. The second-order valence-corrected chi connectivity index (χ2v) is 5.22. The summed E-state index contributed by atoms with van der Waals surface area (Å²) in [6.45, 7) is 1.23. The van der Waals surface area contributed by atoms with Gasteiger partial charge in [0.15, 0.2) is 0 Å². The van der Waals surface area contributed by atoms with Crippen LogP contribution in [0.5, 0.6) is 5.75 Å². The third-order valence-corrected chi connectivity index (χ3v) is 3.55. The van der Waals surface area contributed by atoms with Gasteiger partial charge in [-0.2, -0.15) is 0 Å². The summed E-state index contributed by atoms with van der Waals surface area (Å²) in [6.07, 6.45) is 5.71. The second-order valence-electron chi connectivity index (χ2n) is 4.84. The molecule has 1 unspecified atom stereocenters. The fourth-order valence-corrected chi connectivity index (χ4v) is 2.51. The van der Waals surface area contributed by atoms with Gasteiger partial charge in [-0.3, -0.25) is 9.78 Å². The van der Waals surface area contributed by atoms with Crippen molar-refractivity contribution in [2.45, 2.75) is 12.5 Å². The fraction of sp³-hybridized carbons (Fsp3) is 0.267. The maximum absolute atomic E-state index is 12.4. The number of hydrogen-bond acceptors (Lipinski definition) is 4. The van der Waals surface area contributed by atoms with E-state index in [1.807, 2.05) is 12.1 Å². The minimum atomic E-state index is -0.0448. The van der Waals surface area contributed by atoms with Gasteiger partial charge in [0.2, 0.25) is 0 Å². The highest BCUT2D eigenvalue weighted by Crippen LogP contribution is 2.19. The van der Waals surface area contributed by atoms with Crippen molar-refractivity contribution in [3.8, 4) is 5.75 Å². The molecule has 2 aromatic heterocycles. The van der Waals surface area contributed by atoms with Gasteiger partial charge < -0.3 is 9.64 Å². The van der Waals surface area contributed by atoms with Crippen LogP contribution in [-0.2, 0) is 0 Å². The van der Waals surface area contributed by atoms with E-state index in [0.717, 1.165) is 12.2 Å². The first-order valence-corrected chi connectivity index (χ1v) is 7.08. The van der Waals surface area contributed by atoms with Crippen molar-refractivity contribution in [3.63, 3.8) is 0 Å². The van der Waals surface area contributed by atoms with Crippen LogP contribution >= 0.6 is 11.6 Å². The normalized spacial score (nSPS) is 17.8. The van der Waals surface area contributed by atoms with E-state index in [-0.39, 0.29) is 12.0 Å². The van der Waals surface area contributed by atoms with Gasteiger partial charge in [-0.1, -0.05) is 11.6 Å². The van der Waals surface area contributed by atoms with E-state index in [1.54, 1.807) is 29.4 Å². The third-order valence-electron chi connectivity index (χ3n) is 3.34. The number of halogens is 1. The van der Waals surface area contributed by atoms with Gasteiger partial charge in [0.1, 0.15) is 17.0 Å². The summed E-state index contributed by atoms with van der Waals surface area (Å²) in [4.78, 5) is 22.0. The smallest absolute Gasteiger partial charge is 0.254 e. The molecule has 0 N–H and O–H groups in total. The first-order valence-electron chi connectivity index (χ1n) is 6.70. The van der Waals surface area contributed by atoms with Crippen molar-refractivity contribution >= 4 is 17.5 Å².